The van der Waals surface area contributed by atoms with E-state index in [1.807, 2.05) is 0 Å². The number of anilines is 1. The van der Waals surface area contributed by atoms with Crippen LogP contribution in [0.15, 0.2) is 18.2 Å². The lowest BCUT2D eigenvalue weighted by Gasteiger charge is -2.04. The van der Waals surface area contributed by atoms with Gasteiger partial charge in [-0.15, -0.1) is 10.2 Å². The van der Waals surface area contributed by atoms with Gasteiger partial charge in [0.25, 0.3) is 0 Å². The van der Waals surface area contributed by atoms with Crippen molar-refractivity contribution in [3.05, 3.63) is 23.2 Å². The van der Waals surface area contributed by atoms with E-state index in [1.165, 1.54) is 0 Å². The highest BCUT2D eigenvalue weighted by molar-refractivity contribution is 6.31. The molecule has 2 N–H and O–H groups in total. The fourth-order valence-electron chi connectivity index (χ4n) is 1.17. The Kier molecular flexibility index (Phi) is 2.59. The van der Waals surface area contributed by atoms with Gasteiger partial charge in [-0.05, 0) is 23.4 Å². The normalized spacial score (nSPS) is 9.93. The van der Waals surface area contributed by atoms with Gasteiger partial charge in [0.15, 0.2) is 0 Å². The summed E-state index contributed by atoms with van der Waals surface area (Å²) in [5.41, 5.74) is 1.19. The van der Waals surface area contributed by atoms with Gasteiger partial charge in [-0.1, -0.05) is 11.6 Å². The highest BCUT2D eigenvalue weighted by Crippen LogP contribution is 2.27. The fourth-order valence-corrected chi connectivity index (χ4v) is 1.34. The molecule has 1 heterocycles. The van der Waals surface area contributed by atoms with Crippen LogP contribution in [0.4, 0.5) is 5.69 Å². The Morgan fingerprint density at radius 2 is 2.33 bits per heavy atom. The van der Waals surface area contributed by atoms with Crippen LogP contribution in [0.25, 0.3) is 11.4 Å². The molecular weight excluding hydrogens is 218 g/mol. The van der Waals surface area contributed by atoms with E-state index in [9.17, 15) is 4.79 Å². The van der Waals surface area contributed by atoms with Crippen LogP contribution in [-0.4, -0.2) is 27.0 Å². The predicted octanol–water partition coefficient (Wildman–Crippen LogP) is 1.09. The average Bonchev–Trinajstić information content (AvgIpc) is 2.71. The number of halogens is 1. The average molecular weight is 224 g/mol. The van der Waals surface area contributed by atoms with Crippen LogP contribution >= 0.6 is 11.6 Å². The third kappa shape index (κ3) is 1.94. The molecule has 1 aromatic heterocycles. The van der Waals surface area contributed by atoms with E-state index < -0.39 is 0 Å². The Labute approximate surface area is 89.6 Å². The molecule has 0 radical (unpaired) electrons. The number of carbonyl (C=O) groups is 1. The van der Waals surface area contributed by atoms with Crippen molar-refractivity contribution < 1.29 is 4.79 Å². The topological polar surface area (TPSA) is 83.6 Å². The van der Waals surface area contributed by atoms with Crippen molar-refractivity contribution in [3.63, 3.8) is 0 Å². The first kappa shape index (κ1) is 9.60. The first-order valence-corrected chi connectivity index (χ1v) is 4.42. The van der Waals surface area contributed by atoms with Crippen LogP contribution in [0.5, 0.6) is 0 Å². The molecule has 7 heteroatoms. The van der Waals surface area contributed by atoms with E-state index in [-0.39, 0.29) is 0 Å². The van der Waals surface area contributed by atoms with Crippen molar-refractivity contribution in [3.8, 4) is 11.4 Å². The van der Waals surface area contributed by atoms with E-state index in [2.05, 4.69) is 25.9 Å². The molecule has 0 saturated heterocycles. The van der Waals surface area contributed by atoms with E-state index in [0.29, 0.717) is 28.5 Å². The Bertz CT molecular complexity index is 470. The van der Waals surface area contributed by atoms with Gasteiger partial charge in [-0.3, -0.25) is 4.79 Å². The molecule has 0 unspecified atom stereocenters. The maximum absolute atomic E-state index is 10.4. The number of H-pyrrole nitrogens is 1. The van der Waals surface area contributed by atoms with Crippen LogP contribution in [0.1, 0.15) is 0 Å². The molecule has 6 nitrogen and oxygen atoms in total. The summed E-state index contributed by atoms with van der Waals surface area (Å²) in [4.78, 5) is 10.4. The molecule has 2 aromatic rings. The van der Waals surface area contributed by atoms with E-state index in [1.54, 1.807) is 18.2 Å². The van der Waals surface area contributed by atoms with Gasteiger partial charge in [-0.2, -0.15) is 5.21 Å². The summed E-state index contributed by atoms with van der Waals surface area (Å²) in [6.45, 7) is 0. The minimum absolute atomic E-state index is 0.399. The summed E-state index contributed by atoms with van der Waals surface area (Å²) in [5, 5.41) is 16.4. The van der Waals surface area contributed by atoms with E-state index in [0.717, 1.165) is 0 Å². The Balaban J connectivity index is 2.50. The third-order valence-electron chi connectivity index (χ3n) is 1.78. The highest BCUT2D eigenvalue weighted by atomic mass is 35.5. The second kappa shape index (κ2) is 4.05. The molecule has 0 aliphatic carbocycles. The minimum Gasteiger partial charge on any atom is -0.328 e. The summed E-state index contributed by atoms with van der Waals surface area (Å²) in [6.07, 6.45) is 0.565. The van der Waals surface area contributed by atoms with Crippen molar-refractivity contribution >= 4 is 23.7 Å². The Hall–Kier alpha value is -1.95. The number of aromatic nitrogens is 4. The number of carbonyl (C=O) groups excluding carboxylic acids is 1. The maximum atomic E-state index is 10.4. The summed E-state index contributed by atoms with van der Waals surface area (Å²) >= 11 is 5.79. The standard InChI is InChI=1S/C8H6ClN5O/c9-5-1-2-6(7(3-5)10-4-15)8-11-13-14-12-8/h1-4H,(H,10,15)(H,11,12,13,14). The van der Waals surface area contributed by atoms with E-state index >= 15 is 0 Å². The van der Waals surface area contributed by atoms with Crippen molar-refractivity contribution in [1.82, 2.24) is 20.6 Å². The lowest BCUT2D eigenvalue weighted by Crippen LogP contribution is -1.97. The summed E-state index contributed by atoms with van der Waals surface area (Å²) < 4.78 is 0. The zero-order valence-electron chi connectivity index (χ0n) is 7.44. The molecule has 0 fully saturated rings. The number of aromatic amines is 1. The predicted molar refractivity (Wildman–Crippen MR) is 54.3 cm³/mol. The number of amides is 1. The lowest BCUT2D eigenvalue weighted by molar-refractivity contribution is -0.105. The van der Waals surface area contributed by atoms with Gasteiger partial charge in [0.1, 0.15) is 0 Å². The molecule has 0 saturated carbocycles. The van der Waals surface area contributed by atoms with Crippen molar-refractivity contribution in [2.45, 2.75) is 0 Å². The number of hydrogen-bond donors (Lipinski definition) is 2. The van der Waals surface area contributed by atoms with Crippen molar-refractivity contribution in [2.24, 2.45) is 0 Å². The molecule has 0 aliphatic rings. The molecule has 1 amide bonds. The third-order valence-corrected chi connectivity index (χ3v) is 2.02. The smallest absolute Gasteiger partial charge is 0.211 e. The van der Waals surface area contributed by atoms with Crippen molar-refractivity contribution in [1.29, 1.82) is 0 Å². The first-order valence-electron chi connectivity index (χ1n) is 4.05. The molecule has 1 aromatic carbocycles. The minimum atomic E-state index is 0.399. The van der Waals surface area contributed by atoms with Gasteiger partial charge in [-0.25, -0.2) is 0 Å². The van der Waals surface area contributed by atoms with E-state index in [4.69, 9.17) is 11.6 Å². The summed E-state index contributed by atoms with van der Waals surface area (Å²) in [6, 6.07) is 5.00. The molecule has 0 aliphatic heterocycles. The largest absolute Gasteiger partial charge is 0.328 e. The Morgan fingerprint density at radius 3 is 3.00 bits per heavy atom. The second-order valence-corrected chi connectivity index (χ2v) is 3.12. The summed E-state index contributed by atoms with van der Waals surface area (Å²) in [5.74, 6) is 0.399. The number of nitrogens with zero attached hydrogens (tertiary/aromatic N) is 3. The van der Waals surface area contributed by atoms with Crippen LogP contribution in [0, 0.1) is 0 Å². The van der Waals surface area contributed by atoms with Crippen LogP contribution < -0.4 is 5.32 Å². The quantitative estimate of drug-likeness (QED) is 0.763. The number of benzene rings is 1. The molecule has 2 rings (SSSR count). The molecule has 0 atom stereocenters. The Morgan fingerprint density at radius 1 is 1.47 bits per heavy atom. The van der Waals surface area contributed by atoms with Crippen LogP contribution in [0.2, 0.25) is 5.02 Å². The van der Waals surface area contributed by atoms with Crippen molar-refractivity contribution in [2.75, 3.05) is 5.32 Å². The summed E-state index contributed by atoms with van der Waals surface area (Å²) in [7, 11) is 0. The SMILES string of the molecule is O=CNc1cc(Cl)ccc1-c1nn[nH]n1. The number of nitrogens with one attached hydrogen (secondary N) is 2. The van der Waals surface area contributed by atoms with Crippen LogP contribution in [-0.2, 0) is 4.79 Å². The van der Waals surface area contributed by atoms with Gasteiger partial charge in [0.2, 0.25) is 12.2 Å². The first-order chi connectivity index (χ1) is 7.31. The van der Waals surface area contributed by atoms with Crippen LogP contribution in [0.3, 0.4) is 0 Å². The number of rotatable bonds is 3. The molecular formula is C8H6ClN5O. The molecule has 0 spiro atoms. The molecule has 15 heavy (non-hydrogen) atoms. The maximum Gasteiger partial charge on any atom is 0.211 e. The van der Waals surface area contributed by atoms with Gasteiger partial charge < -0.3 is 5.32 Å². The number of tetrazole rings is 1. The molecule has 76 valence electrons. The monoisotopic (exact) mass is 223 g/mol. The molecule has 0 bridgehead atoms. The second-order valence-electron chi connectivity index (χ2n) is 2.69. The van der Waals surface area contributed by atoms with Gasteiger partial charge >= 0.3 is 0 Å². The highest BCUT2D eigenvalue weighted by Gasteiger charge is 2.09. The fraction of sp³-hybridized carbons (Fsp3) is 0. The van der Waals surface area contributed by atoms with Gasteiger partial charge in [0.05, 0.1) is 5.69 Å². The zero-order valence-corrected chi connectivity index (χ0v) is 8.19. The van der Waals surface area contributed by atoms with Gasteiger partial charge in [0, 0.05) is 10.6 Å². The lowest BCUT2D eigenvalue weighted by atomic mass is 10.1. The zero-order chi connectivity index (χ0) is 10.7. The number of hydrogen-bond acceptors (Lipinski definition) is 4.